The van der Waals surface area contributed by atoms with Crippen molar-refractivity contribution in [3.63, 3.8) is 0 Å². The highest BCUT2D eigenvalue weighted by molar-refractivity contribution is 7.89. The van der Waals surface area contributed by atoms with Gasteiger partial charge in [-0.3, -0.25) is 4.79 Å². The lowest BCUT2D eigenvalue weighted by Gasteiger charge is -2.25. The summed E-state index contributed by atoms with van der Waals surface area (Å²) >= 11 is 0. The summed E-state index contributed by atoms with van der Waals surface area (Å²) < 4.78 is 36.1. The molecule has 0 saturated heterocycles. The van der Waals surface area contributed by atoms with Crippen LogP contribution in [0.2, 0.25) is 0 Å². The first kappa shape index (κ1) is 17.7. The van der Waals surface area contributed by atoms with Gasteiger partial charge in [-0.25, -0.2) is 8.42 Å². The number of furan rings is 1. The second-order valence-electron chi connectivity index (χ2n) is 5.15. The van der Waals surface area contributed by atoms with E-state index >= 15 is 0 Å². The molecule has 1 rings (SSSR count). The van der Waals surface area contributed by atoms with E-state index in [9.17, 15) is 13.2 Å². The number of rotatable bonds is 8. The minimum atomic E-state index is -3.45. The number of hydrogen-bond acceptors (Lipinski definition) is 5. The average Bonchev–Trinajstić information content (AvgIpc) is 2.80. The lowest BCUT2D eigenvalue weighted by molar-refractivity contribution is -0.140. The maximum atomic E-state index is 12.4. The topological polar surface area (TPSA) is 76.8 Å². The van der Waals surface area contributed by atoms with Gasteiger partial charge in [-0.05, 0) is 39.3 Å². The highest BCUT2D eigenvalue weighted by Crippen LogP contribution is 2.17. The van der Waals surface area contributed by atoms with Gasteiger partial charge >= 0.3 is 5.97 Å². The van der Waals surface area contributed by atoms with E-state index in [1.54, 1.807) is 12.1 Å². The van der Waals surface area contributed by atoms with Crippen molar-refractivity contribution in [2.24, 2.45) is 0 Å². The molecule has 6 nitrogen and oxygen atoms in total. The van der Waals surface area contributed by atoms with Crippen molar-refractivity contribution in [2.45, 2.75) is 46.2 Å². The molecular formula is C14H23NO5S. The van der Waals surface area contributed by atoms with Crippen molar-refractivity contribution >= 4 is 16.0 Å². The van der Waals surface area contributed by atoms with E-state index in [1.807, 2.05) is 20.8 Å². The van der Waals surface area contributed by atoms with Crippen LogP contribution in [0.4, 0.5) is 0 Å². The number of nitrogens with zero attached hydrogens (tertiary/aromatic N) is 1. The summed E-state index contributed by atoms with van der Waals surface area (Å²) in [5, 5.41) is 0. The molecule has 0 fully saturated rings. The Morgan fingerprint density at radius 3 is 2.52 bits per heavy atom. The van der Waals surface area contributed by atoms with Gasteiger partial charge in [0, 0.05) is 12.5 Å². The van der Waals surface area contributed by atoms with Crippen LogP contribution < -0.4 is 0 Å². The Kier molecular flexibility index (Phi) is 6.42. The minimum absolute atomic E-state index is 0.0834. The van der Waals surface area contributed by atoms with Crippen LogP contribution in [0, 0.1) is 6.92 Å². The molecule has 0 saturated carbocycles. The highest BCUT2D eigenvalue weighted by atomic mass is 32.2. The third-order valence-electron chi connectivity index (χ3n) is 3.05. The van der Waals surface area contributed by atoms with E-state index in [0.29, 0.717) is 5.76 Å². The zero-order valence-electron chi connectivity index (χ0n) is 13.0. The SMILES string of the molecule is COC(=O)CCCS(=O)(=O)N(Cc1ccc(C)o1)C(C)C. The van der Waals surface area contributed by atoms with E-state index in [4.69, 9.17) is 4.42 Å². The van der Waals surface area contributed by atoms with Crippen LogP contribution >= 0.6 is 0 Å². The number of methoxy groups -OCH3 is 1. The third kappa shape index (κ3) is 5.51. The molecule has 7 heteroatoms. The standard InChI is InChI=1S/C14H23NO5S/c1-11(2)15(10-13-8-7-12(3)20-13)21(17,18)9-5-6-14(16)19-4/h7-8,11H,5-6,9-10H2,1-4H3. The highest BCUT2D eigenvalue weighted by Gasteiger charge is 2.26. The fourth-order valence-electron chi connectivity index (χ4n) is 1.94. The molecular weight excluding hydrogens is 294 g/mol. The van der Waals surface area contributed by atoms with Crippen LogP contribution in [-0.2, 0) is 26.1 Å². The van der Waals surface area contributed by atoms with Crippen LogP contribution in [0.1, 0.15) is 38.2 Å². The molecule has 0 unspecified atom stereocenters. The summed E-state index contributed by atoms with van der Waals surface area (Å²) in [5.74, 6) is 0.873. The monoisotopic (exact) mass is 317 g/mol. The van der Waals surface area contributed by atoms with Gasteiger partial charge in [-0.1, -0.05) is 0 Å². The summed E-state index contributed by atoms with van der Waals surface area (Å²) in [6.45, 7) is 5.64. The largest absolute Gasteiger partial charge is 0.469 e. The Balaban J connectivity index is 2.71. The number of hydrogen-bond donors (Lipinski definition) is 0. The lowest BCUT2D eigenvalue weighted by Crippen LogP contribution is -2.38. The fourth-order valence-corrected chi connectivity index (χ4v) is 3.65. The Morgan fingerprint density at radius 1 is 1.38 bits per heavy atom. The van der Waals surface area contributed by atoms with Gasteiger partial charge in [-0.2, -0.15) is 4.31 Å². The van der Waals surface area contributed by atoms with Crippen molar-refractivity contribution in [3.05, 3.63) is 23.7 Å². The number of esters is 1. The molecule has 120 valence electrons. The summed E-state index contributed by atoms with van der Waals surface area (Å²) in [5.41, 5.74) is 0. The molecule has 0 N–H and O–H groups in total. The molecule has 0 bridgehead atoms. The molecule has 0 amide bonds. The molecule has 0 spiro atoms. The van der Waals surface area contributed by atoms with Crippen LogP contribution in [0.25, 0.3) is 0 Å². The number of carbonyl (C=O) groups excluding carboxylic acids is 1. The van der Waals surface area contributed by atoms with Gasteiger partial charge in [0.15, 0.2) is 0 Å². The maximum absolute atomic E-state index is 12.4. The Morgan fingerprint density at radius 2 is 2.05 bits per heavy atom. The first-order chi connectivity index (χ1) is 9.76. The fraction of sp³-hybridized carbons (Fsp3) is 0.643. The predicted molar refractivity (Wildman–Crippen MR) is 79.2 cm³/mol. The van der Waals surface area contributed by atoms with Gasteiger partial charge in [0.05, 0.1) is 19.4 Å². The van der Waals surface area contributed by atoms with Gasteiger partial charge in [0.2, 0.25) is 10.0 Å². The molecule has 0 aliphatic carbocycles. The van der Waals surface area contributed by atoms with Crippen molar-refractivity contribution in [1.29, 1.82) is 0 Å². The smallest absolute Gasteiger partial charge is 0.305 e. The maximum Gasteiger partial charge on any atom is 0.305 e. The minimum Gasteiger partial charge on any atom is -0.469 e. The molecule has 1 heterocycles. The average molecular weight is 317 g/mol. The van der Waals surface area contributed by atoms with Crippen LogP contribution in [-0.4, -0.2) is 37.6 Å². The van der Waals surface area contributed by atoms with Gasteiger partial charge in [0.25, 0.3) is 0 Å². The molecule has 0 atom stereocenters. The second kappa shape index (κ2) is 7.61. The normalized spacial score (nSPS) is 12.1. The van der Waals surface area contributed by atoms with Crippen molar-refractivity contribution < 1.29 is 22.4 Å². The van der Waals surface area contributed by atoms with E-state index in [-0.39, 0.29) is 31.2 Å². The van der Waals surface area contributed by atoms with Crippen LogP contribution in [0.3, 0.4) is 0 Å². The van der Waals surface area contributed by atoms with E-state index in [2.05, 4.69) is 4.74 Å². The van der Waals surface area contributed by atoms with Gasteiger partial charge in [-0.15, -0.1) is 0 Å². The van der Waals surface area contributed by atoms with E-state index < -0.39 is 16.0 Å². The molecule has 0 radical (unpaired) electrons. The lowest BCUT2D eigenvalue weighted by atomic mass is 10.3. The van der Waals surface area contributed by atoms with E-state index in [1.165, 1.54) is 11.4 Å². The molecule has 0 aliphatic heterocycles. The summed E-state index contributed by atoms with van der Waals surface area (Å²) in [7, 11) is -2.16. The molecule has 0 aromatic carbocycles. The Hall–Kier alpha value is -1.34. The van der Waals surface area contributed by atoms with Crippen molar-refractivity contribution in [2.75, 3.05) is 12.9 Å². The van der Waals surface area contributed by atoms with Crippen molar-refractivity contribution in [3.8, 4) is 0 Å². The summed E-state index contributed by atoms with van der Waals surface area (Å²) in [4.78, 5) is 11.0. The van der Waals surface area contributed by atoms with Crippen LogP contribution in [0.5, 0.6) is 0 Å². The molecule has 0 aliphatic rings. The van der Waals surface area contributed by atoms with Crippen molar-refractivity contribution in [1.82, 2.24) is 4.31 Å². The third-order valence-corrected chi connectivity index (χ3v) is 5.12. The van der Waals surface area contributed by atoms with E-state index in [0.717, 1.165) is 5.76 Å². The van der Waals surface area contributed by atoms with Crippen LogP contribution in [0.15, 0.2) is 16.5 Å². The zero-order chi connectivity index (χ0) is 16.0. The Labute approximate surface area is 126 Å². The molecule has 1 aromatic rings. The Bertz CT molecular complexity index is 562. The van der Waals surface area contributed by atoms with Gasteiger partial charge in [0.1, 0.15) is 11.5 Å². The number of aryl methyl sites for hydroxylation is 1. The predicted octanol–water partition coefficient (Wildman–Crippen LogP) is 2.08. The second-order valence-corrected chi connectivity index (χ2v) is 7.19. The summed E-state index contributed by atoms with van der Waals surface area (Å²) in [6.07, 6.45) is 0.344. The first-order valence-corrected chi connectivity index (χ1v) is 8.49. The first-order valence-electron chi connectivity index (χ1n) is 6.88. The molecule has 21 heavy (non-hydrogen) atoms. The molecule has 1 aromatic heterocycles. The van der Waals surface area contributed by atoms with Gasteiger partial charge < -0.3 is 9.15 Å². The summed E-state index contributed by atoms with van der Waals surface area (Å²) in [6, 6.07) is 3.39. The number of sulfonamides is 1. The number of carbonyl (C=O) groups is 1. The number of ether oxygens (including phenoxy) is 1. The quantitative estimate of drug-likeness (QED) is 0.686. The zero-order valence-corrected chi connectivity index (χ0v) is 13.8.